The molecule has 3 N–H and O–H groups in total. The molecular formula is C16H22N4O3. The number of benzene rings is 1. The highest BCUT2D eigenvalue weighted by atomic mass is 16.5. The summed E-state index contributed by atoms with van der Waals surface area (Å²) in [7, 11) is 1.55. The molecule has 2 fully saturated rings. The first-order valence-corrected chi connectivity index (χ1v) is 7.94. The van der Waals surface area contributed by atoms with E-state index in [1.165, 1.54) is 0 Å². The van der Waals surface area contributed by atoms with E-state index in [1.54, 1.807) is 30.2 Å². The fourth-order valence-electron chi connectivity index (χ4n) is 2.99. The van der Waals surface area contributed by atoms with Crippen LogP contribution in [0.25, 0.3) is 0 Å². The number of hydrogen-bond acceptors (Lipinski definition) is 4. The number of anilines is 1. The molecule has 1 aromatic carbocycles. The first-order chi connectivity index (χ1) is 11.2. The minimum atomic E-state index is -0.170. The third kappa shape index (κ3) is 3.39. The second kappa shape index (κ2) is 6.87. The molecule has 1 unspecified atom stereocenters. The van der Waals surface area contributed by atoms with Crippen molar-refractivity contribution < 1.29 is 14.3 Å². The molecule has 23 heavy (non-hydrogen) atoms. The van der Waals surface area contributed by atoms with E-state index in [4.69, 9.17) is 4.74 Å². The van der Waals surface area contributed by atoms with Crippen LogP contribution in [0.1, 0.15) is 23.2 Å². The summed E-state index contributed by atoms with van der Waals surface area (Å²) in [6.07, 6.45) is 2.24. The fraction of sp³-hybridized carbons (Fsp3) is 0.500. The molecule has 1 aromatic rings. The number of urea groups is 1. The van der Waals surface area contributed by atoms with Gasteiger partial charge in [0.1, 0.15) is 5.75 Å². The lowest BCUT2D eigenvalue weighted by Crippen LogP contribution is -2.37. The average Bonchev–Trinajstić information content (AvgIpc) is 3.23. The summed E-state index contributed by atoms with van der Waals surface area (Å²) >= 11 is 0. The van der Waals surface area contributed by atoms with Gasteiger partial charge in [0.25, 0.3) is 5.91 Å². The van der Waals surface area contributed by atoms with Crippen molar-refractivity contribution in [1.29, 1.82) is 0 Å². The van der Waals surface area contributed by atoms with Gasteiger partial charge in [-0.3, -0.25) is 9.69 Å². The average molecular weight is 318 g/mol. The Balaban J connectivity index is 1.74. The van der Waals surface area contributed by atoms with E-state index >= 15 is 0 Å². The monoisotopic (exact) mass is 318 g/mol. The highest BCUT2D eigenvalue weighted by Gasteiger charge is 2.25. The molecule has 7 heteroatoms. The number of carbonyl (C=O) groups excluding carboxylic acids is 2. The van der Waals surface area contributed by atoms with Crippen molar-refractivity contribution in [3.63, 3.8) is 0 Å². The number of nitrogens with one attached hydrogen (secondary N) is 3. The summed E-state index contributed by atoms with van der Waals surface area (Å²) in [5.74, 6) is 0.443. The van der Waals surface area contributed by atoms with E-state index < -0.39 is 0 Å². The van der Waals surface area contributed by atoms with Crippen LogP contribution >= 0.6 is 0 Å². The normalized spacial score (nSPS) is 20.5. The van der Waals surface area contributed by atoms with Crippen LogP contribution in [-0.4, -0.2) is 51.3 Å². The molecule has 3 rings (SSSR count). The first kappa shape index (κ1) is 15.6. The quantitative estimate of drug-likeness (QED) is 0.746. The van der Waals surface area contributed by atoms with Crippen LogP contribution in [-0.2, 0) is 0 Å². The standard InChI is InChI=1S/C16H22N4O3/c1-23-14-5-4-11(9-13(14)20-8-7-18-16(20)22)15(21)19-10-12-3-2-6-17-12/h4-5,9,12,17H,2-3,6-8,10H2,1H3,(H,18,22)(H,19,21). The van der Waals surface area contributed by atoms with Crippen molar-refractivity contribution in [2.75, 3.05) is 38.2 Å². The second-order valence-corrected chi connectivity index (χ2v) is 5.77. The first-order valence-electron chi connectivity index (χ1n) is 7.94. The number of nitrogens with zero attached hydrogens (tertiary/aromatic N) is 1. The Labute approximate surface area is 135 Å². The molecule has 2 aliphatic rings. The Morgan fingerprint density at radius 1 is 1.43 bits per heavy atom. The highest BCUT2D eigenvalue weighted by Crippen LogP contribution is 2.30. The molecule has 0 aromatic heterocycles. The van der Waals surface area contributed by atoms with Gasteiger partial charge < -0.3 is 20.7 Å². The Bertz CT molecular complexity index is 599. The largest absolute Gasteiger partial charge is 0.495 e. The van der Waals surface area contributed by atoms with E-state index in [1.807, 2.05) is 0 Å². The molecule has 2 saturated heterocycles. The molecule has 7 nitrogen and oxygen atoms in total. The van der Waals surface area contributed by atoms with Crippen LogP contribution in [0, 0.1) is 0 Å². The number of hydrogen-bond donors (Lipinski definition) is 3. The van der Waals surface area contributed by atoms with Gasteiger partial charge in [-0.15, -0.1) is 0 Å². The van der Waals surface area contributed by atoms with Crippen molar-refractivity contribution >= 4 is 17.6 Å². The Morgan fingerprint density at radius 3 is 2.96 bits per heavy atom. The maximum atomic E-state index is 12.4. The lowest BCUT2D eigenvalue weighted by molar-refractivity contribution is 0.0950. The van der Waals surface area contributed by atoms with Gasteiger partial charge in [-0.05, 0) is 37.6 Å². The topological polar surface area (TPSA) is 82.7 Å². The number of amides is 3. The van der Waals surface area contributed by atoms with Crippen LogP contribution in [0.15, 0.2) is 18.2 Å². The summed E-state index contributed by atoms with van der Waals surface area (Å²) in [5, 5.41) is 9.05. The maximum absolute atomic E-state index is 12.4. The van der Waals surface area contributed by atoms with Crippen molar-refractivity contribution in [2.24, 2.45) is 0 Å². The summed E-state index contributed by atoms with van der Waals surface area (Å²) in [4.78, 5) is 25.8. The SMILES string of the molecule is COc1ccc(C(=O)NCC2CCCN2)cc1N1CCNC1=O. The number of ether oxygens (including phenoxy) is 1. The van der Waals surface area contributed by atoms with E-state index in [0.717, 1.165) is 19.4 Å². The van der Waals surface area contributed by atoms with Crippen molar-refractivity contribution in [2.45, 2.75) is 18.9 Å². The van der Waals surface area contributed by atoms with Gasteiger partial charge in [-0.25, -0.2) is 4.79 Å². The van der Waals surface area contributed by atoms with E-state index in [2.05, 4.69) is 16.0 Å². The van der Waals surface area contributed by atoms with Crippen LogP contribution in [0.5, 0.6) is 5.75 Å². The number of carbonyl (C=O) groups is 2. The van der Waals surface area contributed by atoms with Crippen LogP contribution in [0.4, 0.5) is 10.5 Å². The molecule has 3 amide bonds. The minimum Gasteiger partial charge on any atom is -0.495 e. The van der Waals surface area contributed by atoms with E-state index in [9.17, 15) is 9.59 Å². The summed E-state index contributed by atoms with van der Waals surface area (Å²) < 4.78 is 5.32. The van der Waals surface area contributed by atoms with Gasteiger partial charge in [-0.1, -0.05) is 0 Å². The molecule has 2 aliphatic heterocycles. The minimum absolute atomic E-state index is 0.137. The molecule has 2 heterocycles. The lowest BCUT2D eigenvalue weighted by atomic mass is 10.1. The van der Waals surface area contributed by atoms with Gasteiger partial charge in [0.05, 0.1) is 12.8 Å². The smallest absolute Gasteiger partial charge is 0.322 e. The van der Waals surface area contributed by atoms with E-state index in [0.29, 0.717) is 42.7 Å². The predicted molar refractivity (Wildman–Crippen MR) is 87.1 cm³/mol. The lowest BCUT2D eigenvalue weighted by Gasteiger charge is -2.19. The molecule has 0 aliphatic carbocycles. The molecule has 1 atom stereocenters. The second-order valence-electron chi connectivity index (χ2n) is 5.77. The molecular weight excluding hydrogens is 296 g/mol. The Morgan fingerprint density at radius 2 is 2.30 bits per heavy atom. The molecule has 0 saturated carbocycles. The molecule has 124 valence electrons. The number of rotatable bonds is 5. The van der Waals surface area contributed by atoms with Crippen LogP contribution in [0.2, 0.25) is 0 Å². The summed E-state index contributed by atoms with van der Waals surface area (Å²) in [5.41, 5.74) is 1.15. The van der Waals surface area contributed by atoms with Gasteiger partial charge in [-0.2, -0.15) is 0 Å². The zero-order valence-corrected chi connectivity index (χ0v) is 13.2. The molecule has 0 radical (unpaired) electrons. The Hall–Kier alpha value is -2.28. The van der Waals surface area contributed by atoms with Gasteiger partial charge >= 0.3 is 6.03 Å². The third-order valence-electron chi connectivity index (χ3n) is 4.26. The third-order valence-corrected chi connectivity index (χ3v) is 4.26. The van der Waals surface area contributed by atoms with Crippen LogP contribution in [0.3, 0.4) is 0 Å². The van der Waals surface area contributed by atoms with Gasteiger partial charge in [0.15, 0.2) is 0 Å². The summed E-state index contributed by atoms with van der Waals surface area (Å²) in [6.45, 7) is 2.78. The molecule has 0 bridgehead atoms. The van der Waals surface area contributed by atoms with Gasteiger partial charge in [0, 0.05) is 31.2 Å². The fourth-order valence-corrected chi connectivity index (χ4v) is 2.99. The maximum Gasteiger partial charge on any atom is 0.322 e. The Kier molecular flexibility index (Phi) is 4.66. The summed E-state index contributed by atoms with van der Waals surface area (Å²) in [6, 6.07) is 5.33. The zero-order chi connectivity index (χ0) is 16.2. The van der Waals surface area contributed by atoms with Crippen molar-refractivity contribution in [3.8, 4) is 5.75 Å². The van der Waals surface area contributed by atoms with Crippen molar-refractivity contribution in [3.05, 3.63) is 23.8 Å². The zero-order valence-electron chi connectivity index (χ0n) is 13.2. The van der Waals surface area contributed by atoms with Crippen molar-refractivity contribution in [1.82, 2.24) is 16.0 Å². The van der Waals surface area contributed by atoms with E-state index in [-0.39, 0.29) is 11.9 Å². The van der Waals surface area contributed by atoms with Crippen LogP contribution < -0.4 is 25.6 Å². The van der Waals surface area contributed by atoms with Gasteiger partial charge in [0.2, 0.25) is 0 Å². The number of methoxy groups -OCH3 is 1. The molecule has 0 spiro atoms. The highest BCUT2D eigenvalue weighted by molar-refractivity contribution is 5.99. The predicted octanol–water partition coefficient (Wildman–Crippen LogP) is 0.707.